The topological polar surface area (TPSA) is 93.1 Å². The minimum absolute atomic E-state index is 0.132. The number of rotatable bonds is 2. The first kappa shape index (κ1) is 15.3. The van der Waals surface area contributed by atoms with E-state index in [-0.39, 0.29) is 11.4 Å². The first-order valence-corrected chi connectivity index (χ1v) is 8.24. The van der Waals surface area contributed by atoms with Gasteiger partial charge in [0.2, 0.25) is 5.95 Å². The average Bonchev–Trinajstić information content (AvgIpc) is 2.84. The zero-order valence-corrected chi connectivity index (χ0v) is 13.9. The number of hydrogen-bond acceptors (Lipinski definition) is 6. The summed E-state index contributed by atoms with van der Waals surface area (Å²) in [6.07, 6.45) is 3.41. The third-order valence-corrected chi connectivity index (χ3v) is 4.64. The SMILES string of the molecule is CC(C)(C)Cc1c(N)nc(N)nc1N1C[C@@H]2CCCN[C@@H]2C1. The number of hydrogen-bond donors (Lipinski definition) is 3. The van der Waals surface area contributed by atoms with Crippen molar-refractivity contribution in [2.75, 3.05) is 36.0 Å². The van der Waals surface area contributed by atoms with Crippen LogP contribution in [0.5, 0.6) is 0 Å². The molecule has 3 rings (SSSR count). The molecule has 0 aromatic carbocycles. The number of nitrogens with two attached hydrogens (primary N) is 2. The van der Waals surface area contributed by atoms with Crippen molar-refractivity contribution in [3.05, 3.63) is 5.56 Å². The van der Waals surface area contributed by atoms with Crippen LogP contribution < -0.4 is 21.7 Å². The van der Waals surface area contributed by atoms with E-state index in [1.165, 1.54) is 12.8 Å². The minimum Gasteiger partial charge on any atom is -0.383 e. The highest BCUT2D eigenvalue weighted by molar-refractivity contribution is 5.60. The number of aromatic nitrogens is 2. The summed E-state index contributed by atoms with van der Waals surface area (Å²) in [5, 5.41) is 3.63. The summed E-state index contributed by atoms with van der Waals surface area (Å²) in [5.74, 6) is 2.44. The predicted molar refractivity (Wildman–Crippen MR) is 90.7 cm³/mol. The van der Waals surface area contributed by atoms with Crippen molar-refractivity contribution in [1.29, 1.82) is 0 Å². The highest BCUT2D eigenvalue weighted by atomic mass is 15.3. The molecule has 0 aliphatic carbocycles. The smallest absolute Gasteiger partial charge is 0.223 e. The zero-order chi connectivity index (χ0) is 15.9. The summed E-state index contributed by atoms with van der Waals surface area (Å²) in [7, 11) is 0. The van der Waals surface area contributed by atoms with E-state index in [1.807, 2.05) is 0 Å². The predicted octanol–water partition coefficient (Wildman–Crippen LogP) is 1.42. The number of anilines is 3. The van der Waals surface area contributed by atoms with E-state index in [0.717, 1.165) is 37.4 Å². The fourth-order valence-electron chi connectivity index (χ4n) is 3.69. The summed E-state index contributed by atoms with van der Waals surface area (Å²) >= 11 is 0. The van der Waals surface area contributed by atoms with E-state index in [9.17, 15) is 0 Å². The molecule has 0 radical (unpaired) electrons. The lowest BCUT2D eigenvalue weighted by molar-refractivity contribution is 0.340. The molecule has 5 N–H and O–H groups in total. The Morgan fingerprint density at radius 2 is 2.00 bits per heavy atom. The standard InChI is InChI=1S/C16H28N6/c1-16(2,3)7-11-13(17)20-15(18)21-14(11)22-8-10-5-4-6-19-12(10)9-22/h10,12,19H,4-9H2,1-3H3,(H4,17,18,20,21)/t10-,12+/m0/s1. The molecule has 2 saturated heterocycles. The molecule has 2 atom stereocenters. The first-order valence-electron chi connectivity index (χ1n) is 8.24. The second-order valence-corrected chi connectivity index (χ2v) is 7.87. The van der Waals surface area contributed by atoms with Gasteiger partial charge in [0, 0.05) is 24.7 Å². The van der Waals surface area contributed by atoms with Crippen LogP contribution in [0.3, 0.4) is 0 Å². The van der Waals surface area contributed by atoms with Crippen LogP contribution in [0, 0.1) is 11.3 Å². The van der Waals surface area contributed by atoms with Crippen molar-refractivity contribution in [3.63, 3.8) is 0 Å². The maximum absolute atomic E-state index is 6.17. The first-order chi connectivity index (χ1) is 10.3. The minimum atomic E-state index is 0.132. The highest BCUT2D eigenvalue weighted by Crippen LogP contribution is 2.35. The van der Waals surface area contributed by atoms with Crippen molar-refractivity contribution in [2.45, 2.75) is 46.1 Å². The van der Waals surface area contributed by atoms with Crippen LogP contribution in [-0.2, 0) is 6.42 Å². The molecule has 6 nitrogen and oxygen atoms in total. The molecule has 3 heterocycles. The monoisotopic (exact) mass is 304 g/mol. The van der Waals surface area contributed by atoms with Gasteiger partial charge in [-0.3, -0.25) is 0 Å². The summed E-state index contributed by atoms with van der Waals surface area (Å²) in [4.78, 5) is 11.1. The Balaban J connectivity index is 1.92. The van der Waals surface area contributed by atoms with E-state index < -0.39 is 0 Å². The van der Waals surface area contributed by atoms with Gasteiger partial charge in [0.1, 0.15) is 11.6 Å². The van der Waals surface area contributed by atoms with Gasteiger partial charge >= 0.3 is 0 Å². The van der Waals surface area contributed by atoms with E-state index in [1.54, 1.807) is 0 Å². The van der Waals surface area contributed by atoms with Crippen LogP contribution in [0.15, 0.2) is 0 Å². The molecule has 2 fully saturated rings. The molecule has 0 saturated carbocycles. The van der Waals surface area contributed by atoms with E-state index in [2.05, 4.69) is 41.0 Å². The highest BCUT2D eigenvalue weighted by Gasteiger charge is 2.36. The lowest BCUT2D eigenvalue weighted by atomic mass is 9.88. The van der Waals surface area contributed by atoms with Crippen LogP contribution in [0.4, 0.5) is 17.6 Å². The Hall–Kier alpha value is -1.56. The molecule has 1 aromatic heterocycles. The molecule has 0 amide bonds. The molecule has 0 bridgehead atoms. The summed E-state index contributed by atoms with van der Waals surface area (Å²) in [6, 6.07) is 0.564. The fourth-order valence-corrected chi connectivity index (χ4v) is 3.69. The molecule has 2 aliphatic rings. The van der Waals surface area contributed by atoms with Crippen molar-refractivity contribution >= 4 is 17.6 Å². The van der Waals surface area contributed by atoms with Gasteiger partial charge in [-0.15, -0.1) is 0 Å². The lowest BCUT2D eigenvalue weighted by Gasteiger charge is -2.26. The van der Waals surface area contributed by atoms with Crippen LogP contribution in [0.2, 0.25) is 0 Å². The third-order valence-electron chi connectivity index (χ3n) is 4.64. The Morgan fingerprint density at radius 1 is 1.23 bits per heavy atom. The lowest BCUT2D eigenvalue weighted by Crippen LogP contribution is -2.40. The Kier molecular flexibility index (Phi) is 3.89. The van der Waals surface area contributed by atoms with Crippen molar-refractivity contribution in [1.82, 2.24) is 15.3 Å². The number of nitrogens with one attached hydrogen (secondary N) is 1. The Morgan fingerprint density at radius 3 is 2.68 bits per heavy atom. The van der Waals surface area contributed by atoms with Gasteiger partial charge in [0.15, 0.2) is 0 Å². The largest absolute Gasteiger partial charge is 0.383 e. The van der Waals surface area contributed by atoms with Gasteiger partial charge in [0.25, 0.3) is 0 Å². The van der Waals surface area contributed by atoms with Crippen molar-refractivity contribution in [2.24, 2.45) is 11.3 Å². The van der Waals surface area contributed by atoms with E-state index >= 15 is 0 Å². The Labute approximate surface area is 132 Å². The summed E-state index contributed by atoms with van der Waals surface area (Å²) in [6.45, 7) is 9.76. The Bertz CT molecular complexity index is 536. The van der Waals surface area contributed by atoms with E-state index in [0.29, 0.717) is 17.8 Å². The van der Waals surface area contributed by atoms with Crippen LogP contribution in [-0.4, -0.2) is 35.6 Å². The molecular weight excluding hydrogens is 276 g/mol. The molecule has 0 spiro atoms. The van der Waals surface area contributed by atoms with Crippen LogP contribution >= 0.6 is 0 Å². The number of nitrogen functional groups attached to an aromatic ring is 2. The summed E-state index contributed by atoms with van der Waals surface area (Å²) in [5.41, 5.74) is 13.2. The second kappa shape index (κ2) is 5.57. The second-order valence-electron chi connectivity index (χ2n) is 7.87. The maximum atomic E-state index is 6.17. The normalized spacial score (nSPS) is 25.3. The zero-order valence-electron chi connectivity index (χ0n) is 13.9. The molecule has 22 heavy (non-hydrogen) atoms. The van der Waals surface area contributed by atoms with Crippen molar-refractivity contribution < 1.29 is 0 Å². The van der Waals surface area contributed by atoms with Crippen molar-refractivity contribution in [3.8, 4) is 0 Å². The number of fused-ring (bicyclic) bond motifs is 1. The maximum Gasteiger partial charge on any atom is 0.223 e. The molecule has 1 aromatic rings. The molecule has 6 heteroatoms. The van der Waals surface area contributed by atoms with Gasteiger partial charge < -0.3 is 21.7 Å². The molecular formula is C16H28N6. The van der Waals surface area contributed by atoms with E-state index in [4.69, 9.17) is 11.5 Å². The third kappa shape index (κ3) is 3.11. The number of piperidine rings is 1. The average molecular weight is 304 g/mol. The fraction of sp³-hybridized carbons (Fsp3) is 0.750. The quantitative estimate of drug-likeness (QED) is 0.765. The van der Waals surface area contributed by atoms with Crippen LogP contribution in [0.1, 0.15) is 39.2 Å². The number of nitrogens with zero attached hydrogens (tertiary/aromatic N) is 3. The van der Waals surface area contributed by atoms with Gasteiger partial charge in [-0.25, -0.2) is 0 Å². The van der Waals surface area contributed by atoms with Gasteiger partial charge in [-0.2, -0.15) is 9.97 Å². The summed E-state index contributed by atoms with van der Waals surface area (Å²) < 4.78 is 0. The van der Waals surface area contributed by atoms with Gasteiger partial charge in [-0.05, 0) is 37.1 Å². The van der Waals surface area contributed by atoms with Gasteiger partial charge in [-0.1, -0.05) is 20.8 Å². The molecule has 0 unspecified atom stereocenters. The molecule has 2 aliphatic heterocycles. The molecule has 122 valence electrons. The van der Waals surface area contributed by atoms with Gasteiger partial charge in [0.05, 0.1) is 0 Å². The van der Waals surface area contributed by atoms with Crippen LogP contribution in [0.25, 0.3) is 0 Å².